The number of ether oxygens (including phenoxy) is 1. The molecule has 96 valence electrons. The van der Waals surface area contributed by atoms with E-state index in [2.05, 4.69) is 50.2 Å². The van der Waals surface area contributed by atoms with Crippen LogP contribution in [0.15, 0.2) is 24.3 Å². The maximum atomic E-state index is 5.32. The van der Waals surface area contributed by atoms with Gasteiger partial charge in [-0.1, -0.05) is 31.9 Å². The molecule has 17 heavy (non-hydrogen) atoms. The van der Waals surface area contributed by atoms with Crippen molar-refractivity contribution in [3.05, 3.63) is 29.8 Å². The molecule has 1 aromatic rings. The van der Waals surface area contributed by atoms with Crippen molar-refractivity contribution in [2.45, 2.75) is 32.1 Å². The maximum Gasteiger partial charge on any atom is 0.0530 e. The molecule has 1 atom stereocenters. The molecule has 0 aliphatic heterocycles. The average molecular weight is 235 g/mol. The van der Waals surface area contributed by atoms with Crippen LogP contribution in [0.25, 0.3) is 0 Å². The van der Waals surface area contributed by atoms with Crippen LogP contribution in [0.5, 0.6) is 0 Å². The molecule has 0 fully saturated rings. The molecule has 0 aromatic heterocycles. The van der Waals surface area contributed by atoms with Gasteiger partial charge in [0.2, 0.25) is 0 Å². The minimum atomic E-state index is 0.538. The summed E-state index contributed by atoms with van der Waals surface area (Å²) in [4.78, 5) is 2.13. The zero-order valence-electron chi connectivity index (χ0n) is 11.6. The van der Waals surface area contributed by atoms with E-state index in [0.717, 1.165) is 6.61 Å². The standard InChI is InChI=1S/C15H25NO/c1-5-6-7-14(12-17-4)13-8-10-15(11-9-13)16(2)3/h8-11,14H,5-7,12H2,1-4H3. The molecular formula is C15H25NO. The highest BCUT2D eigenvalue weighted by Gasteiger charge is 2.10. The second-order valence-electron chi connectivity index (χ2n) is 4.78. The van der Waals surface area contributed by atoms with Crippen molar-refractivity contribution in [1.82, 2.24) is 0 Å². The minimum absolute atomic E-state index is 0.538. The lowest BCUT2D eigenvalue weighted by atomic mass is 9.94. The number of rotatable bonds is 7. The largest absolute Gasteiger partial charge is 0.384 e. The first-order valence-electron chi connectivity index (χ1n) is 6.45. The second kappa shape index (κ2) is 7.33. The van der Waals surface area contributed by atoms with Gasteiger partial charge in [0.25, 0.3) is 0 Å². The van der Waals surface area contributed by atoms with Gasteiger partial charge in [-0.2, -0.15) is 0 Å². The Balaban J connectivity index is 2.72. The van der Waals surface area contributed by atoms with Gasteiger partial charge >= 0.3 is 0 Å². The zero-order chi connectivity index (χ0) is 12.7. The van der Waals surface area contributed by atoms with Gasteiger partial charge in [-0.05, 0) is 24.1 Å². The number of benzene rings is 1. The summed E-state index contributed by atoms with van der Waals surface area (Å²) in [5, 5.41) is 0. The summed E-state index contributed by atoms with van der Waals surface area (Å²) < 4.78 is 5.32. The van der Waals surface area contributed by atoms with E-state index in [1.807, 2.05) is 0 Å². The lowest BCUT2D eigenvalue weighted by molar-refractivity contribution is 0.175. The third-order valence-corrected chi connectivity index (χ3v) is 3.15. The number of hydrogen-bond donors (Lipinski definition) is 0. The van der Waals surface area contributed by atoms with Crippen molar-refractivity contribution in [1.29, 1.82) is 0 Å². The number of hydrogen-bond acceptors (Lipinski definition) is 2. The fourth-order valence-electron chi connectivity index (χ4n) is 2.04. The maximum absolute atomic E-state index is 5.32. The molecule has 0 aliphatic carbocycles. The molecule has 0 saturated carbocycles. The lowest BCUT2D eigenvalue weighted by Gasteiger charge is -2.18. The quantitative estimate of drug-likeness (QED) is 0.715. The predicted molar refractivity (Wildman–Crippen MR) is 74.9 cm³/mol. The Hall–Kier alpha value is -1.02. The third kappa shape index (κ3) is 4.39. The Labute approximate surface area is 106 Å². The molecule has 0 radical (unpaired) electrons. The smallest absolute Gasteiger partial charge is 0.0530 e. The first-order valence-corrected chi connectivity index (χ1v) is 6.45. The Kier molecular flexibility index (Phi) is 6.06. The van der Waals surface area contributed by atoms with Crippen molar-refractivity contribution in [2.75, 3.05) is 32.7 Å². The summed E-state index contributed by atoms with van der Waals surface area (Å²) in [7, 11) is 5.92. The van der Waals surface area contributed by atoms with Gasteiger partial charge in [-0.15, -0.1) is 0 Å². The molecule has 2 heteroatoms. The average Bonchev–Trinajstić information content (AvgIpc) is 2.34. The topological polar surface area (TPSA) is 12.5 Å². The third-order valence-electron chi connectivity index (χ3n) is 3.15. The highest BCUT2D eigenvalue weighted by atomic mass is 16.5. The molecule has 1 aromatic carbocycles. The van der Waals surface area contributed by atoms with Gasteiger partial charge in [0.1, 0.15) is 0 Å². The van der Waals surface area contributed by atoms with E-state index in [0.29, 0.717) is 5.92 Å². The summed E-state index contributed by atoms with van der Waals surface area (Å²) in [6.07, 6.45) is 3.73. The van der Waals surface area contributed by atoms with Crippen molar-refractivity contribution >= 4 is 5.69 Å². The van der Waals surface area contributed by atoms with Crippen LogP contribution < -0.4 is 4.90 Å². The number of methoxy groups -OCH3 is 1. The first-order chi connectivity index (χ1) is 8.19. The summed E-state index contributed by atoms with van der Waals surface area (Å²) in [5.41, 5.74) is 2.64. The monoisotopic (exact) mass is 235 g/mol. The van der Waals surface area contributed by atoms with Crippen LogP contribution >= 0.6 is 0 Å². The van der Waals surface area contributed by atoms with Crippen LogP contribution in [0.1, 0.15) is 37.7 Å². The molecule has 0 bridgehead atoms. The van der Waals surface area contributed by atoms with Crippen LogP contribution in [-0.2, 0) is 4.74 Å². The molecule has 1 unspecified atom stereocenters. The number of nitrogens with zero attached hydrogens (tertiary/aromatic N) is 1. The van der Waals surface area contributed by atoms with Crippen molar-refractivity contribution < 1.29 is 4.74 Å². The van der Waals surface area contributed by atoms with Gasteiger partial charge in [0.05, 0.1) is 6.61 Å². The van der Waals surface area contributed by atoms with E-state index in [1.54, 1.807) is 7.11 Å². The molecule has 0 amide bonds. The van der Waals surface area contributed by atoms with Gasteiger partial charge in [-0.25, -0.2) is 0 Å². The van der Waals surface area contributed by atoms with E-state index in [-0.39, 0.29) is 0 Å². The molecule has 0 aliphatic rings. The predicted octanol–water partition coefficient (Wildman–Crippen LogP) is 3.67. The molecular weight excluding hydrogens is 210 g/mol. The molecule has 0 saturated heterocycles. The fraction of sp³-hybridized carbons (Fsp3) is 0.600. The fourth-order valence-corrected chi connectivity index (χ4v) is 2.04. The van der Waals surface area contributed by atoms with Crippen molar-refractivity contribution in [2.24, 2.45) is 0 Å². The Morgan fingerprint density at radius 2 is 1.82 bits per heavy atom. The first kappa shape index (κ1) is 14.0. The Morgan fingerprint density at radius 3 is 2.29 bits per heavy atom. The van der Waals surface area contributed by atoms with Crippen LogP contribution in [0.3, 0.4) is 0 Å². The van der Waals surface area contributed by atoms with Crippen LogP contribution in [0.2, 0.25) is 0 Å². The van der Waals surface area contributed by atoms with Gasteiger partial charge in [-0.3, -0.25) is 0 Å². The molecule has 0 N–H and O–H groups in total. The number of unbranched alkanes of at least 4 members (excludes halogenated alkanes) is 1. The van der Waals surface area contributed by atoms with Crippen LogP contribution in [0, 0.1) is 0 Å². The molecule has 0 heterocycles. The SMILES string of the molecule is CCCCC(COC)c1ccc(N(C)C)cc1. The van der Waals surface area contributed by atoms with Crippen LogP contribution in [-0.4, -0.2) is 27.8 Å². The van der Waals surface area contributed by atoms with Crippen molar-refractivity contribution in [3.63, 3.8) is 0 Å². The van der Waals surface area contributed by atoms with E-state index in [4.69, 9.17) is 4.74 Å². The van der Waals surface area contributed by atoms with Crippen LogP contribution in [0.4, 0.5) is 5.69 Å². The minimum Gasteiger partial charge on any atom is -0.384 e. The van der Waals surface area contributed by atoms with E-state index < -0.39 is 0 Å². The Morgan fingerprint density at radius 1 is 1.18 bits per heavy atom. The van der Waals surface area contributed by atoms with Gasteiger partial charge in [0.15, 0.2) is 0 Å². The summed E-state index contributed by atoms with van der Waals surface area (Å²) >= 11 is 0. The van der Waals surface area contributed by atoms with Gasteiger partial charge in [0, 0.05) is 32.8 Å². The highest BCUT2D eigenvalue weighted by Crippen LogP contribution is 2.24. The molecule has 2 nitrogen and oxygen atoms in total. The highest BCUT2D eigenvalue weighted by molar-refractivity contribution is 5.46. The second-order valence-corrected chi connectivity index (χ2v) is 4.78. The van der Waals surface area contributed by atoms with Gasteiger partial charge < -0.3 is 9.64 Å². The normalized spacial score (nSPS) is 12.5. The number of anilines is 1. The van der Waals surface area contributed by atoms with E-state index >= 15 is 0 Å². The summed E-state index contributed by atoms with van der Waals surface area (Å²) in [5.74, 6) is 0.538. The van der Waals surface area contributed by atoms with Crippen molar-refractivity contribution in [3.8, 4) is 0 Å². The van der Waals surface area contributed by atoms with E-state index in [9.17, 15) is 0 Å². The van der Waals surface area contributed by atoms with E-state index in [1.165, 1.54) is 30.5 Å². The molecule has 0 spiro atoms. The lowest BCUT2D eigenvalue weighted by Crippen LogP contribution is -2.10. The molecule has 1 rings (SSSR count). The summed E-state index contributed by atoms with van der Waals surface area (Å²) in [6, 6.07) is 8.83. The Bertz CT molecular complexity index is 305. The summed E-state index contributed by atoms with van der Waals surface area (Å²) in [6.45, 7) is 3.06. The zero-order valence-corrected chi connectivity index (χ0v) is 11.6.